The molecule has 0 spiro atoms. The van der Waals surface area contributed by atoms with Crippen molar-refractivity contribution in [3.05, 3.63) is 0 Å². The summed E-state index contributed by atoms with van der Waals surface area (Å²) in [5.74, 6) is 0. The van der Waals surface area contributed by atoms with Crippen LogP contribution in [-0.2, 0) is 9.09 Å². The third-order valence-corrected chi connectivity index (χ3v) is 5.63. The van der Waals surface area contributed by atoms with E-state index in [1.54, 1.807) is 0 Å². The van der Waals surface area contributed by atoms with Gasteiger partial charge in [-0.15, -0.1) is 0 Å². The minimum atomic E-state index is -4.44. The van der Waals surface area contributed by atoms with Crippen molar-refractivity contribution in [3.8, 4) is 0 Å². The van der Waals surface area contributed by atoms with Gasteiger partial charge in [0.2, 0.25) is 0 Å². The van der Waals surface area contributed by atoms with E-state index >= 15 is 0 Å². The van der Waals surface area contributed by atoms with Crippen molar-refractivity contribution in [1.82, 2.24) is 0 Å². The average Bonchev–Trinajstić information content (AvgIpc) is 2.16. The molecule has 1 atom stereocenters. The highest BCUT2D eigenvalue weighted by Gasteiger charge is 2.54. The molecule has 102 valence electrons. The van der Waals surface area contributed by atoms with Crippen molar-refractivity contribution < 1.29 is 27.2 Å². The lowest BCUT2D eigenvalue weighted by Gasteiger charge is -2.39. The van der Waals surface area contributed by atoms with Crippen LogP contribution < -0.4 is 0 Å². The van der Waals surface area contributed by atoms with Gasteiger partial charge in [0.15, 0.2) is 0 Å². The van der Waals surface area contributed by atoms with E-state index in [4.69, 9.17) is 4.52 Å². The molecule has 1 fully saturated rings. The van der Waals surface area contributed by atoms with Crippen LogP contribution in [0.5, 0.6) is 0 Å². The Kier molecular flexibility index (Phi) is 4.67. The zero-order chi connectivity index (χ0) is 13.2. The first-order valence-corrected chi connectivity index (χ1v) is 7.34. The second-order valence-corrected chi connectivity index (χ2v) is 6.76. The van der Waals surface area contributed by atoms with Gasteiger partial charge in [0.25, 0.3) is 0 Å². The van der Waals surface area contributed by atoms with Gasteiger partial charge in [-0.3, -0.25) is 4.57 Å². The van der Waals surface area contributed by atoms with Crippen LogP contribution in [0.1, 0.15) is 45.4 Å². The van der Waals surface area contributed by atoms with E-state index in [2.05, 4.69) is 0 Å². The third-order valence-electron chi connectivity index (χ3n) is 3.22. The van der Waals surface area contributed by atoms with Gasteiger partial charge in [0.1, 0.15) is 0 Å². The molecule has 1 unspecified atom stereocenters. The molecular weight excluding hydrogens is 256 g/mol. The lowest BCUT2D eigenvalue weighted by Crippen LogP contribution is -2.37. The van der Waals surface area contributed by atoms with Crippen molar-refractivity contribution in [2.45, 2.75) is 56.8 Å². The molecule has 3 nitrogen and oxygen atoms in total. The maximum atomic E-state index is 12.6. The molecule has 1 saturated carbocycles. The van der Waals surface area contributed by atoms with Crippen LogP contribution in [0.4, 0.5) is 13.2 Å². The molecule has 0 saturated heterocycles. The van der Waals surface area contributed by atoms with E-state index in [0.29, 0.717) is 12.8 Å². The van der Waals surface area contributed by atoms with Crippen LogP contribution >= 0.6 is 7.60 Å². The smallest absolute Gasteiger partial charge is 0.324 e. The third kappa shape index (κ3) is 3.70. The van der Waals surface area contributed by atoms with Gasteiger partial charge in [-0.05, 0) is 19.8 Å². The number of hydrogen-bond acceptors (Lipinski definition) is 2. The van der Waals surface area contributed by atoms with Gasteiger partial charge in [0, 0.05) is 0 Å². The Labute approximate surface area is 98.9 Å². The predicted octanol–water partition coefficient (Wildman–Crippen LogP) is 3.86. The summed E-state index contributed by atoms with van der Waals surface area (Å²) in [4.78, 5) is 9.79. The molecule has 1 N–H and O–H groups in total. The summed E-state index contributed by atoms with van der Waals surface area (Å²) in [5, 5.41) is -1.63. The Hall–Kier alpha value is -0.0600. The predicted molar refractivity (Wildman–Crippen MR) is 57.9 cm³/mol. The SMILES string of the molecule is CCOP(=O)(O)C1(CC(F)(F)F)CCCCC1. The molecule has 17 heavy (non-hydrogen) atoms. The molecule has 7 heteroatoms. The largest absolute Gasteiger partial charge is 0.390 e. The number of alkyl halides is 3. The van der Waals surface area contributed by atoms with Crippen molar-refractivity contribution >= 4 is 7.60 Å². The van der Waals surface area contributed by atoms with Gasteiger partial charge < -0.3 is 9.42 Å². The Morgan fingerprint density at radius 1 is 1.29 bits per heavy atom. The van der Waals surface area contributed by atoms with Crippen LogP contribution in [0.15, 0.2) is 0 Å². The topological polar surface area (TPSA) is 46.5 Å². The van der Waals surface area contributed by atoms with Crippen molar-refractivity contribution in [2.24, 2.45) is 0 Å². The standard InChI is InChI=1S/C10H18F3O3P/c1-2-16-17(14,15)9(8-10(11,12)13)6-4-3-5-7-9/h2-8H2,1H3,(H,14,15). The zero-order valence-electron chi connectivity index (χ0n) is 9.79. The van der Waals surface area contributed by atoms with E-state index < -0.39 is 25.3 Å². The van der Waals surface area contributed by atoms with E-state index in [9.17, 15) is 22.6 Å². The molecule has 0 aromatic rings. The monoisotopic (exact) mass is 274 g/mol. The maximum absolute atomic E-state index is 12.6. The second-order valence-electron chi connectivity index (χ2n) is 4.52. The van der Waals surface area contributed by atoms with Crippen LogP contribution in [-0.4, -0.2) is 22.8 Å². The second kappa shape index (κ2) is 5.29. The number of rotatable bonds is 4. The summed E-state index contributed by atoms with van der Waals surface area (Å²) >= 11 is 0. The quantitative estimate of drug-likeness (QED) is 0.792. The van der Waals surface area contributed by atoms with Crippen LogP contribution in [0, 0.1) is 0 Å². The highest BCUT2D eigenvalue weighted by Crippen LogP contribution is 2.64. The van der Waals surface area contributed by atoms with Gasteiger partial charge in [0.05, 0.1) is 18.2 Å². The van der Waals surface area contributed by atoms with Gasteiger partial charge in [-0.2, -0.15) is 13.2 Å². The molecule has 0 aliphatic heterocycles. The lowest BCUT2D eigenvalue weighted by atomic mass is 9.86. The van der Waals surface area contributed by atoms with Crippen molar-refractivity contribution in [3.63, 3.8) is 0 Å². The fourth-order valence-corrected chi connectivity index (χ4v) is 4.34. The molecule has 0 radical (unpaired) electrons. The average molecular weight is 274 g/mol. The summed E-state index contributed by atoms with van der Waals surface area (Å²) in [6, 6.07) is 0. The summed E-state index contributed by atoms with van der Waals surface area (Å²) in [6.45, 7) is 1.46. The van der Waals surface area contributed by atoms with Gasteiger partial charge in [-0.25, -0.2) is 0 Å². The molecule has 0 bridgehead atoms. The minimum absolute atomic E-state index is 0.0482. The number of hydrogen-bond donors (Lipinski definition) is 1. The van der Waals surface area contributed by atoms with Gasteiger partial charge >= 0.3 is 13.8 Å². The lowest BCUT2D eigenvalue weighted by molar-refractivity contribution is -0.144. The first-order chi connectivity index (χ1) is 7.72. The summed E-state index contributed by atoms with van der Waals surface area (Å²) in [7, 11) is -4.22. The summed E-state index contributed by atoms with van der Waals surface area (Å²) < 4.78 is 54.4. The van der Waals surface area contributed by atoms with E-state index in [1.165, 1.54) is 6.92 Å². The molecule has 0 amide bonds. The number of halogens is 3. The van der Waals surface area contributed by atoms with E-state index in [-0.39, 0.29) is 19.4 Å². The zero-order valence-corrected chi connectivity index (χ0v) is 10.7. The van der Waals surface area contributed by atoms with Crippen LogP contribution in [0.3, 0.4) is 0 Å². The Balaban J connectivity index is 2.96. The summed E-state index contributed by atoms with van der Waals surface area (Å²) in [5.41, 5.74) is 0. The van der Waals surface area contributed by atoms with E-state index in [1.807, 2.05) is 0 Å². The fourth-order valence-electron chi connectivity index (χ4n) is 2.45. The van der Waals surface area contributed by atoms with Crippen LogP contribution in [0.25, 0.3) is 0 Å². The molecule has 1 aliphatic rings. The Morgan fingerprint density at radius 2 is 1.82 bits per heavy atom. The Bertz CT molecular complexity index is 298. The molecule has 1 rings (SSSR count). The molecular formula is C10H18F3O3P. The first kappa shape index (κ1) is 15.0. The van der Waals surface area contributed by atoms with Crippen molar-refractivity contribution in [2.75, 3.05) is 6.61 Å². The summed E-state index contributed by atoms with van der Waals surface area (Å²) in [6.07, 6.45) is -3.53. The Morgan fingerprint density at radius 3 is 2.24 bits per heavy atom. The highest BCUT2D eigenvalue weighted by molar-refractivity contribution is 7.54. The van der Waals surface area contributed by atoms with E-state index in [0.717, 1.165) is 6.42 Å². The molecule has 0 aromatic heterocycles. The minimum Gasteiger partial charge on any atom is -0.324 e. The fraction of sp³-hybridized carbons (Fsp3) is 1.00. The van der Waals surface area contributed by atoms with Gasteiger partial charge in [-0.1, -0.05) is 19.3 Å². The molecule has 1 aliphatic carbocycles. The molecule has 0 aromatic carbocycles. The van der Waals surface area contributed by atoms with Crippen LogP contribution in [0.2, 0.25) is 0 Å². The molecule has 0 heterocycles. The normalized spacial score (nSPS) is 24.3. The van der Waals surface area contributed by atoms with Crippen molar-refractivity contribution in [1.29, 1.82) is 0 Å². The highest BCUT2D eigenvalue weighted by atomic mass is 31.2. The maximum Gasteiger partial charge on any atom is 0.390 e. The first-order valence-electron chi connectivity index (χ1n) is 5.77.